The van der Waals surface area contributed by atoms with Crippen LogP contribution < -0.4 is 0 Å². The number of hydrogen-bond donors (Lipinski definition) is 0. The van der Waals surface area contributed by atoms with Crippen LogP contribution in [0.3, 0.4) is 0 Å². The molecule has 0 aliphatic rings. The van der Waals surface area contributed by atoms with E-state index < -0.39 is 15.2 Å². The van der Waals surface area contributed by atoms with Gasteiger partial charge < -0.3 is 18.1 Å². The Morgan fingerprint density at radius 1 is 0.680 bits per heavy atom. The zero-order chi connectivity index (χ0) is 19.8. The van der Waals surface area contributed by atoms with E-state index in [0.717, 1.165) is 0 Å². The molecule has 0 saturated heterocycles. The molecule has 0 spiro atoms. The Balaban J connectivity index is 4.92. The molecule has 7 nitrogen and oxygen atoms in total. The fourth-order valence-electron chi connectivity index (χ4n) is 2.07. The van der Waals surface area contributed by atoms with Gasteiger partial charge in [0.05, 0.1) is 30.6 Å². The molecule has 0 aliphatic heterocycles. The molecular weight excluding hydrogens is 366 g/mol. The van der Waals surface area contributed by atoms with Crippen LogP contribution in [0.25, 0.3) is 0 Å². The lowest BCUT2D eigenvalue weighted by molar-refractivity contribution is -0.116. The van der Waals surface area contributed by atoms with E-state index in [0.29, 0.717) is 0 Å². The molecule has 150 valence electrons. The summed E-state index contributed by atoms with van der Waals surface area (Å²) in [5.41, 5.74) is 0. The van der Waals surface area contributed by atoms with Crippen molar-refractivity contribution >= 4 is 21.0 Å². The summed E-state index contributed by atoms with van der Waals surface area (Å²) < 4.78 is 47.0. The molecule has 0 N–H and O–H groups in total. The molecule has 0 aromatic carbocycles. The predicted octanol–water partition coefficient (Wildman–Crippen LogP) is 5.03. The molecule has 0 aromatic rings. The van der Waals surface area contributed by atoms with Crippen LogP contribution >= 0.6 is 15.2 Å². The zero-order valence-electron chi connectivity index (χ0n) is 16.7. The van der Waals surface area contributed by atoms with Gasteiger partial charge in [0.1, 0.15) is 11.9 Å². The maximum absolute atomic E-state index is 12.7. The van der Waals surface area contributed by atoms with E-state index in [1.165, 1.54) is 0 Å². The lowest BCUT2D eigenvalue weighted by Crippen LogP contribution is -2.17. The minimum Gasteiger partial charge on any atom is -0.306 e. The Morgan fingerprint density at radius 2 is 1.00 bits per heavy atom. The number of Topliss-reactive ketones (excluding diaryl/α,β-unsaturated/α-hetero) is 1. The van der Waals surface area contributed by atoms with Gasteiger partial charge in [0.15, 0.2) is 0 Å². The smallest absolute Gasteiger partial charge is 0.306 e. The second-order valence-electron chi connectivity index (χ2n) is 7.01. The SMILES string of the molecule is CC(C)OP(=O)(CCC(=O)CP(=O)(OC(C)C)OC(C)C)OC(C)C. The summed E-state index contributed by atoms with van der Waals surface area (Å²) in [7, 11) is -6.94. The molecule has 0 saturated carbocycles. The van der Waals surface area contributed by atoms with Gasteiger partial charge in [-0.05, 0) is 55.4 Å². The van der Waals surface area contributed by atoms with Crippen molar-refractivity contribution in [2.75, 3.05) is 12.3 Å². The molecule has 0 heterocycles. The van der Waals surface area contributed by atoms with E-state index in [-0.39, 0.29) is 48.9 Å². The highest BCUT2D eigenvalue weighted by Crippen LogP contribution is 2.53. The Labute approximate surface area is 152 Å². The largest absolute Gasteiger partial charge is 0.338 e. The quantitative estimate of drug-likeness (QED) is 0.401. The Morgan fingerprint density at radius 3 is 1.32 bits per heavy atom. The summed E-state index contributed by atoms with van der Waals surface area (Å²) in [5, 5.41) is 0. The van der Waals surface area contributed by atoms with Crippen LogP contribution in [0.15, 0.2) is 0 Å². The average Bonchev–Trinajstić information content (AvgIpc) is 2.31. The van der Waals surface area contributed by atoms with Crippen LogP contribution in [-0.4, -0.2) is 42.5 Å². The van der Waals surface area contributed by atoms with Crippen LogP contribution in [-0.2, 0) is 32.0 Å². The summed E-state index contributed by atoms with van der Waals surface area (Å²) in [6.45, 7) is 13.9. The second kappa shape index (κ2) is 11.0. The van der Waals surface area contributed by atoms with Gasteiger partial charge in [0, 0.05) is 6.42 Å². The summed E-state index contributed by atoms with van der Waals surface area (Å²) in [4.78, 5) is 12.3. The number of hydrogen-bond acceptors (Lipinski definition) is 7. The van der Waals surface area contributed by atoms with Crippen molar-refractivity contribution in [1.82, 2.24) is 0 Å². The number of ketones is 1. The molecule has 0 radical (unpaired) electrons. The topological polar surface area (TPSA) is 88.1 Å². The van der Waals surface area contributed by atoms with Crippen molar-refractivity contribution in [3.8, 4) is 0 Å². The van der Waals surface area contributed by atoms with Crippen molar-refractivity contribution in [2.24, 2.45) is 0 Å². The summed E-state index contributed by atoms with van der Waals surface area (Å²) in [6.07, 6.45) is -1.75. The molecule has 25 heavy (non-hydrogen) atoms. The fourth-order valence-corrected chi connectivity index (χ4v) is 6.21. The zero-order valence-corrected chi connectivity index (χ0v) is 18.5. The minimum absolute atomic E-state index is 0.0639. The van der Waals surface area contributed by atoms with E-state index >= 15 is 0 Å². The van der Waals surface area contributed by atoms with Crippen LogP contribution in [0.1, 0.15) is 61.8 Å². The molecule has 0 rings (SSSR count). The van der Waals surface area contributed by atoms with Crippen LogP contribution in [0.5, 0.6) is 0 Å². The van der Waals surface area contributed by atoms with Crippen LogP contribution in [0.2, 0.25) is 0 Å². The third kappa shape index (κ3) is 12.1. The van der Waals surface area contributed by atoms with E-state index in [2.05, 4.69) is 0 Å². The fraction of sp³-hybridized carbons (Fsp3) is 0.938. The number of carbonyl (C=O) groups excluding carboxylic acids is 1. The molecule has 0 unspecified atom stereocenters. The first-order valence-corrected chi connectivity index (χ1v) is 12.2. The molecule has 0 bridgehead atoms. The second-order valence-corrected chi connectivity index (χ2v) is 11.1. The molecule has 0 aromatic heterocycles. The van der Waals surface area contributed by atoms with Gasteiger partial charge in [-0.2, -0.15) is 0 Å². The highest BCUT2D eigenvalue weighted by Gasteiger charge is 2.33. The van der Waals surface area contributed by atoms with Crippen molar-refractivity contribution in [2.45, 2.75) is 86.2 Å². The summed E-state index contributed by atoms with van der Waals surface area (Å²) >= 11 is 0. The van der Waals surface area contributed by atoms with Crippen molar-refractivity contribution in [3.05, 3.63) is 0 Å². The molecule has 0 amide bonds. The van der Waals surface area contributed by atoms with Gasteiger partial charge in [-0.1, -0.05) is 0 Å². The predicted molar refractivity (Wildman–Crippen MR) is 99.5 cm³/mol. The lowest BCUT2D eigenvalue weighted by Gasteiger charge is -2.24. The van der Waals surface area contributed by atoms with Gasteiger partial charge >= 0.3 is 15.2 Å². The molecule has 0 aliphatic carbocycles. The first kappa shape index (κ1) is 25.0. The summed E-state index contributed by atoms with van der Waals surface area (Å²) in [5.74, 6) is -0.357. The maximum Gasteiger partial charge on any atom is 0.338 e. The normalized spacial score (nSPS) is 13.4. The molecule has 0 fully saturated rings. The Kier molecular flexibility index (Phi) is 10.9. The van der Waals surface area contributed by atoms with Gasteiger partial charge in [0.25, 0.3) is 0 Å². The van der Waals surface area contributed by atoms with Gasteiger partial charge in [-0.15, -0.1) is 0 Å². The molecule has 9 heteroatoms. The highest BCUT2D eigenvalue weighted by molar-refractivity contribution is 7.55. The standard InChI is InChI=1S/C16H34O7P2/c1-12(2)20-24(18,21-13(3)4)10-9-16(17)11-25(19,22-14(5)6)23-15(7)8/h12-15H,9-11H2,1-8H3. The third-order valence-corrected chi connectivity index (χ3v) is 7.00. The Bertz CT molecular complexity index is 473. The number of carbonyl (C=O) groups is 1. The number of rotatable bonds is 13. The summed E-state index contributed by atoms with van der Waals surface area (Å²) in [6, 6.07) is 0. The first-order chi connectivity index (χ1) is 11.3. The highest BCUT2D eigenvalue weighted by atomic mass is 31.2. The monoisotopic (exact) mass is 400 g/mol. The lowest BCUT2D eigenvalue weighted by atomic mass is 10.3. The van der Waals surface area contributed by atoms with Gasteiger partial charge in [-0.25, -0.2) is 0 Å². The molecule has 0 atom stereocenters. The Hall–Kier alpha value is -0.0300. The van der Waals surface area contributed by atoms with E-state index in [1.807, 2.05) is 0 Å². The van der Waals surface area contributed by atoms with E-state index in [4.69, 9.17) is 18.1 Å². The van der Waals surface area contributed by atoms with E-state index in [9.17, 15) is 13.9 Å². The van der Waals surface area contributed by atoms with Crippen molar-refractivity contribution < 1.29 is 32.0 Å². The van der Waals surface area contributed by atoms with Gasteiger partial charge in [0.2, 0.25) is 0 Å². The van der Waals surface area contributed by atoms with Crippen molar-refractivity contribution in [1.29, 1.82) is 0 Å². The average molecular weight is 400 g/mol. The van der Waals surface area contributed by atoms with Crippen molar-refractivity contribution in [3.63, 3.8) is 0 Å². The van der Waals surface area contributed by atoms with Crippen LogP contribution in [0.4, 0.5) is 0 Å². The van der Waals surface area contributed by atoms with Crippen LogP contribution in [0, 0.1) is 0 Å². The van der Waals surface area contributed by atoms with Gasteiger partial charge in [-0.3, -0.25) is 13.9 Å². The minimum atomic E-state index is -3.55. The third-order valence-electron chi connectivity index (χ3n) is 2.52. The molecular formula is C16H34O7P2. The van der Waals surface area contributed by atoms with E-state index in [1.54, 1.807) is 55.4 Å². The first-order valence-electron chi connectivity index (χ1n) is 8.70. The maximum atomic E-state index is 12.7.